The van der Waals surface area contributed by atoms with E-state index in [0.29, 0.717) is 18.7 Å². The van der Waals surface area contributed by atoms with Crippen molar-refractivity contribution in [3.05, 3.63) is 70.8 Å². The van der Waals surface area contributed by atoms with E-state index >= 15 is 0 Å². The predicted molar refractivity (Wildman–Crippen MR) is 85.6 cm³/mol. The lowest BCUT2D eigenvalue weighted by atomic mass is 9.97. The van der Waals surface area contributed by atoms with Gasteiger partial charge in [0.15, 0.2) is 0 Å². The molecule has 0 aliphatic carbocycles. The van der Waals surface area contributed by atoms with E-state index in [1.165, 1.54) is 0 Å². The largest absolute Gasteiger partial charge is 0.478 e. The van der Waals surface area contributed by atoms with Crippen molar-refractivity contribution in [2.75, 3.05) is 0 Å². The van der Waals surface area contributed by atoms with Gasteiger partial charge >= 0.3 is 5.97 Å². The van der Waals surface area contributed by atoms with E-state index in [2.05, 4.69) is 5.32 Å². The molecular weight excluding hydrogens is 278 g/mol. The molecule has 0 bridgehead atoms. The molecule has 0 heterocycles. The maximum absolute atomic E-state index is 10.8. The number of carbonyl (C=O) groups is 1. The number of hydrogen-bond donors (Lipinski definition) is 3. The van der Waals surface area contributed by atoms with E-state index < -0.39 is 11.6 Å². The fraction of sp³-hybridized carbons (Fsp3) is 0.278. The van der Waals surface area contributed by atoms with Gasteiger partial charge in [0.25, 0.3) is 0 Å². The number of hydrogen-bond acceptors (Lipinski definition) is 3. The number of nitrogens with one attached hydrogen (secondary N) is 1. The van der Waals surface area contributed by atoms with Gasteiger partial charge in [-0.3, -0.25) is 0 Å². The van der Waals surface area contributed by atoms with E-state index in [0.717, 1.165) is 16.7 Å². The molecule has 22 heavy (non-hydrogen) atoms. The van der Waals surface area contributed by atoms with Crippen molar-refractivity contribution in [2.24, 2.45) is 0 Å². The van der Waals surface area contributed by atoms with Gasteiger partial charge in [-0.05, 0) is 42.7 Å². The van der Waals surface area contributed by atoms with Crippen LogP contribution in [0.15, 0.2) is 48.5 Å². The summed E-state index contributed by atoms with van der Waals surface area (Å²) in [4.78, 5) is 10.8. The lowest BCUT2D eigenvalue weighted by molar-refractivity contribution is 0.0696. The van der Waals surface area contributed by atoms with Crippen LogP contribution < -0.4 is 5.32 Å². The van der Waals surface area contributed by atoms with Crippen LogP contribution in [0.1, 0.15) is 40.9 Å². The molecule has 0 atom stereocenters. The Bertz CT molecular complexity index is 625. The molecule has 0 aromatic heterocycles. The lowest BCUT2D eigenvalue weighted by Gasteiger charge is -2.18. The quantitative estimate of drug-likeness (QED) is 0.767. The molecule has 4 nitrogen and oxygen atoms in total. The molecule has 116 valence electrons. The summed E-state index contributed by atoms with van der Waals surface area (Å²) >= 11 is 0. The number of aromatic carboxylic acids is 1. The highest BCUT2D eigenvalue weighted by atomic mass is 16.4. The Morgan fingerprint density at radius 3 is 1.82 bits per heavy atom. The first-order valence-corrected chi connectivity index (χ1v) is 7.21. The molecule has 0 saturated heterocycles. The maximum Gasteiger partial charge on any atom is 0.335 e. The second-order valence-corrected chi connectivity index (χ2v) is 5.86. The van der Waals surface area contributed by atoms with E-state index in [-0.39, 0.29) is 0 Å². The van der Waals surface area contributed by atoms with Gasteiger partial charge in [0.05, 0.1) is 11.2 Å². The zero-order chi connectivity index (χ0) is 16.2. The SMILES string of the molecule is CC(C)(O)c1ccc(CNCc2ccc(C(=O)O)cc2)cc1. The monoisotopic (exact) mass is 299 g/mol. The van der Waals surface area contributed by atoms with E-state index in [1.807, 2.05) is 36.4 Å². The number of carboxylic acid groups (broad SMARTS) is 1. The fourth-order valence-electron chi connectivity index (χ4n) is 2.15. The van der Waals surface area contributed by atoms with Gasteiger partial charge in [0.2, 0.25) is 0 Å². The summed E-state index contributed by atoms with van der Waals surface area (Å²) in [7, 11) is 0. The van der Waals surface area contributed by atoms with Crippen molar-refractivity contribution < 1.29 is 15.0 Å². The molecule has 4 heteroatoms. The molecule has 0 spiro atoms. The van der Waals surface area contributed by atoms with Gasteiger partial charge in [-0.15, -0.1) is 0 Å². The standard InChI is InChI=1S/C18H21NO3/c1-18(2,22)16-9-5-14(6-10-16)12-19-11-13-3-7-15(8-4-13)17(20)21/h3-10,19,22H,11-12H2,1-2H3,(H,20,21). The van der Waals surface area contributed by atoms with Crippen molar-refractivity contribution in [3.8, 4) is 0 Å². The van der Waals surface area contributed by atoms with Crippen molar-refractivity contribution in [1.82, 2.24) is 5.32 Å². The van der Waals surface area contributed by atoms with Gasteiger partial charge in [-0.2, -0.15) is 0 Å². The third-order valence-corrected chi connectivity index (χ3v) is 3.52. The zero-order valence-corrected chi connectivity index (χ0v) is 12.8. The molecular formula is C18H21NO3. The Morgan fingerprint density at radius 1 is 0.955 bits per heavy atom. The first-order chi connectivity index (χ1) is 10.4. The summed E-state index contributed by atoms with van der Waals surface area (Å²) < 4.78 is 0. The minimum Gasteiger partial charge on any atom is -0.478 e. The predicted octanol–water partition coefficient (Wildman–Crippen LogP) is 2.90. The van der Waals surface area contributed by atoms with Gasteiger partial charge in [-0.25, -0.2) is 4.79 Å². The zero-order valence-electron chi connectivity index (χ0n) is 12.8. The molecule has 2 rings (SSSR count). The molecule has 0 unspecified atom stereocenters. The van der Waals surface area contributed by atoms with Gasteiger partial charge in [-0.1, -0.05) is 36.4 Å². The van der Waals surface area contributed by atoms with Crippen LogP contribution in [0.5, 0.6) is 0 Å². The first kappa shape index (κ1) is 16.2. The second kappa shape index (κ2) is 6.73. The molecule has 0 saturated carbocycles. The number of carboxylic acids is 1. The smallest absolute Gasteiger partial charge is 0.335 e. The Labute approximate surface area is 130 Å². The van der Waals surface area contributed by atoms with Crippen LogP contribution in [-0.2, 0) is 18.7 Å². The van der Waals surface area contributed by atoms with Gasteiger partial charge in [0, 0.05) is 13.1 Å². The molecule has 0 fully saturated rings. The maximum atomic E-state index is 10.8. The Kier molecular flexibility index (Phi) is 4.96. The Hall–Kier alpha value is -2.17. The van der Waals surface area contributed by atoms with Crippen molar-refractivity contribution in [1.29, 1.82) is 0 Å². The van der Waals surface area contributed by atoms with Crippen LogP contribution in [-0.4, -0.2) is 16.2 Å². The number of aliphatic hydroxyl groups is 1. The molecule has 0 aliphatic rings. The van der Waals surface area contributed by atoms with E-state index in [1.54, 1.807) is 26.0 Å². The molecule has 0 amide bonds. The summed E-state index contributed by atoms with van der Waals surface area (Å²) in [6.07, 6.45) is 0. The van der Waals surface area contributed by atoms with Crippen LogP contribution in [0, 0.1) is 0 Å². The summed E-state index contributed by atoms with van der Waals surface area (Å²) in [5.41, 5.74) is 2.54. The summed E-state index contributed by atoms with van der Waals surface area (Å²) in [6.45, 7) is 4.92. The molecule has 2 aromatic carbocycles. The third kappa shape index (κ3) is 4.41. The van der Waals surface area contributed by atoms with Crippen molar-refractivity contribution in [2.45, 2.75) is 32.5 Å². The highest BCUT2D eigenvalue weighted by Gasteiger charge is 2.14. The van der Waals surface area contributed by atoms with E-state index in [9.17, 15) is 9.90 Å². The Morgan fingerprint density at radius 2 is 1.41 bits per heavy atom. The van der Waals surface area contributed by atoms with Crippen molar-refractivity contribution in [3.63, 3.8) is 0 Å². The highest BCUT2D eigenvalue weighted by Crippen LogP contribution is 2.19. The molecule has 2 aromatic rings. The second-order valence-electron chi connectivity index (χ2n) is 5.86. The van der Waals surface area contributed by atoms with Gasteiger partial charge < -0.3 is 15.5 Å². The summed E-state index contributed by atoms with van der Waals surface area (Å²) in [5, 5.41) is 22.1. The first-order valence-electron chi connectivity index (χ1n) is 7.21. The average molecular weight is 299 g/mol. The molecule has 0 radical (unpaired) electrons. The van der Waals surface area contributed by atoms with Crippen LogP contribution in [0.2, 0.25) is 0 Å². The molecule has 0 aliphatic heterocycles. The van der Waals surface area contributed by atoms with Crippen LogP contribution in [0.25, 0.3) is 0 Å². The fourth-order valence-corrected chi connectivity index (χ4v) is 2.15. The normalized spacial score (nSPS) is 11.4. The lowest BCUT2D eigenvalue weighted by Crippen LogP contribution is -2.16. The molecule has 3 N–H and O–H groups in total. The van der Waals surface area contributed by atoms with Crippen molar-refractivity contribution >= 4 is 5.97 Å². The van der Waals surface area contributed by atoms with E-state index in [4.69, 9.17) is 5.11 Å². The topological polar surface area (TPSA) is 69.6 Å². The minimum absolute atomic E-state index is 0.297. The van der Waals surface area contributed by atoms with Crippen LogP contribution >= 0.6 is 0 Å². The minimum atomic E-state index is -0.911. The average Bonchev–Trinajstić information content (AvgIpc) is 2.47. The summed E-state index contributed by atoms with van der Waals surface area (Å²) in [5.74, 6) is -0.911. The number of benzene rings is 2. The highest BCUT2D eigenvalue weighted by molar-refractivity contribution is 5.87. The summed E-state index contributed by atoms with van der Waals surface area (Å²) in [6, 6.07) is 14.7. The number of rotatable bonds is 6. The van der Waals surface area contributed by atoms with Crippen LogP contribution in [0.4, 0.5) is 0 Å². The van der Waals surface area contributed by atoms with Crippen LogP contribution in [0.3, 0.4) is 0 Å². The van der Waals surface area contributed by atoms with Gasteiger partial charge in [0.1, 0.15) is 0 Å². The third-order valence-electron chi connectivity index (χ3n) is 3.52. The Balaban J connectivity index is 1.87.